The van der Waals surface area contributed by atoms with E-state index in [-0.39, 0.29) is 0 Å². The van der Waals surface area contributed by atoms with Crippen LogP contribution >= 0.6 is 0 Å². The Hall–Kier alpha value is -5.47. The van der Waals surface area contributed by atoms with Crippen molar-refractivity contribution in [3.63, 3.8) is 0 Å². The predicted octanol–water partition coefficient (Wildman–Crippen LogP) is 9.68. The maximum absolute atomic E-state index is 5.35. The fourth-order valence-corrected chi connectivity index (χ4v) is 7.96. The number of hydrogen-bond acceptors (Lipinski definition) is 1. The Morgan fingerprint density at radius 1 is 0.476 bits per heavy atom. The minimum absolute atomic E-state index is 0.404. The number of benzene rings is 7. The summed E-state index contributed by atoms with van der Waals surface area (Å²) in [5.74, 6) is 0.981. The van der Waals surface area contributed by atoms with Gasteiger partial charge in [-0.2, -0.15) is 0 Å². The molecule has 0 unspecified atom stereocenters. The molecule has 0 saturated heterocycles. The number of fused-ring (bicyclic) bond motifs is 12. The first kappa shape index (κ1) is 22.2. The van der Waals surface area contributed by atoms with Crippen LogP contribution in [0.5, 0.6) is 0 Å². The predicted molar refractivity (Wildman–Crippen MR) is 172 cm³/mol. The molecule has 42 heavy (non-hydrogen) atoms. The molecule has 0 amide bonds. The normalized spacial score (nSPS) is 13.9. The molecule has 2 aliphatic rings. The van der Waals surface area contributed by atoms with E-state index in [1.54, 1.807) is 0 Å². The molecule has 1 aromatic heterocycles. The largest absolute Gasteiger partial charge is 0.292 e. The van der Waals surface area contributed by atoms with Crippen molar-refractivity contribution in [3.05, 3.63) is 168 Å². The van der Waals surface area contributed by atoms with Gasteiger partial charge in [0.05, 0.1) is 22.1 Å². The first-order valence-electron chi connectivity index (χ1n) is 14.6. The van der Waals surface area contributed by atoms with Crippen LogP contribution in [0.4, 0.5) is 0 Å². The number of para-hydroxylation sites is 2. The quantitative estimate of drug-likeness (QED) is 0.192. The van der Waals surface area contributed by atoms with Gasteiger partial charge in [0.1, 0.15) is 5.82 Å². The van der Waals surface area contributed by atoms with E-state index in [2.05, 4.69) is 150 Å². The minimum atomic E-state index is -0.404. The van der Waals surface area contributed by atoms with Crippen molar-refractivity contribution in [1.29, 1.82) is 0 Å². The average molecular weight is 533 g/mol. The van der Waals surface area contributed by atoms with E-state index in [1.165, 1.54) is 66.1 Å². The zero-order valence-corrected chi connectivity index (χ0v) is 22.8. The molecular weight excluding hydrogens is 508 g/mol. The third-order valence-corrected chi connectivity index (χ3v) is 9.58. The average Bonchev–Trinajstić information content (AvgIpc) is 3.59. The highest BCUT2D eigenvalue weighted by atomic mass is 15.1. The van der Waals surface area contributed by atoms with Crippen molar-refractivity contribution in [2.45, 2.75) is 5.41 Å². The first-order valence-corrected chi connectivity index (χ1v) is 14.6. The van der Waals surface area contributed by atoms with Crippen LogP contribution in [-0.2, 0) is 5.41 Å². The Bertz CT molecular complexity index is 2380. The third-order valence-electron chi connectivity index (χ3n) is 9.58. The van der Waals surface area contributed by atoms with Crippen molar-refractivity contribution in [1.82, 2.24) is 9.55 Å². The molecule has 2 heterocycles. The van der Waals surface area contributed by atoms with Crippen molar-refractivity contribution >= 4 is 32.6 Å². The third kappa shape index (κ3) is 2.59. The first-order chi connectivity index (χ1) is 20.8. The summed E-state index contributed by atoms with van der Waals surface area (Å²) < 4.78 is 2.41. The molecule has 1 aliphatic carbocycles. The standard InChI is InChI=1S/C40H24N2/c1-2-11-28-25(10-1)20-21-26-24-27(22-23-29(26)28)39-41-36-18-9-17-35-38(36)42(39)37-19-8-7-16-34(37)40(35)32-14-5-3-12-30(32)31-13-4-6-15-33(31)40/h1-24H. The van der Waals surface area contributed by atoms with Crippen LogP contribution in [0.25, 0.3) is 60.8 Å². The van der Waals surface area contributed by atoms with Crippen molar-refractivity contribution in [3.8, 4) is 28.2 Å². The Kier molecular flexibility index (Phi) is 4.15. The van der Waals surface area contributed by atoms with Crippen LogP contribution in [-0.4, -0.2) is 9.55 Å². The van der Waals surface area contributed by atoms with Gasteiger partial charge in [0.25, 0.3) is 0 Å². The van der Waals surface area contributed by atoms with Gasteiger partial charge in [-0.05, 0) is 73.1 Å². The monoisotopic (exact) mass is 532 g/mol. The van der Waals surface area contributed by atoms with Crippen molar-refractivity contribution < 1.29 is 0 Å². The molecule has 7 aromatic carbocycles. The molecular formula is C40H24N2. The van der Waals surface area contributed by atoms with E-state index in [9.17, 15) is 0 Å². The number of aromatic nitrogens is 2. The lowest BCUT2D eigenvalue weighted by Crippen LogP contribution is -2.33. The zero-order chi connectivity index (χ0) is 27.4. The molecule has 2 nitrogen and oxygen atoms in total. The lowest BCUT2D eigenvalue weighted by Gasteiger charge is -2.39. The van der Waals surface area contributed by atoms with E-state index in [4.69, 9.17) is 4.98 Å². The molecule has 0 atom stereocenters. The second-order valence-electron chi connectivity index (χ2n) is 11.5. The second-order valence-corrected chi connectivity index (χ2v) is 11.5. The number of hydrogen-bond donors (Lipinski definition) is 0. The SMILES string of the molecule is c1ccc2c(c1)-c1ccccc1C21c2ccccc2-n2c(-c3ccc4c(ccc5ccccc54)c3)nc3cccc1c32. The minimum Gasteiger partial charge on any atom is -0.292 e. The molecule has 194 valence electrons. The molecule has 0 saturated carbocycles. The van der Waals surface area contributed by atoms with Gasteiger partial charge in [-0.3, -0.25) is 4.57 Å². The summed E-state index contributed by atoms with van der Waals surface area (Å²) in [5.41, 5.74) is 12.0. The van der Waals surface area contributed by atoms with Gasteiger partial charge in [-0.1, -0.05) is 127 Å². The number of nitrogens with zero attached hydrogens (tertiary/aromatic N) is 2. The molecule has 8 aromatic rings. The van der Waals surface area contributed by atoms with Crippen LogP contribution in [0, 0.1) is 0 Å². The highest BCUT2D eigenvalue weighted by Crippen LogP contribution is 2.60. The van der Waals surface area contributed by atoms with Gasteiger partial charge in [-0.15, -0.1) is 0 Å². The topological polar surface area (TPSA) is 17.8 Å². The van der Waals surface area contributed by atoms with Crippen molar-refractivity contribution in [2.75, 3.05) is 0 Å². The summed E-state index contributed by atoms with van der Waals surface area (Å²) in [6.45, 7) is 0. The van der Waals surface area contributed by atoms with Crippen LogP contribution in [0.15, 0.2) is 146 Å². The van der Waals surface area contributed by atoms with Gasteiger partial charge < -0.3 is 0 Å². The highest BCUT2D eigenvalue weighted by Gasteiger charge is 2.50. The maximum Gasteiger partial charge on any atom is 0.145 e. The lowest BCUT2D eigenvalue weighted by atomic mass is 9.65. The van der Waals surface area contributed by atoms with Gasteiger partial charge in [-0.25, -0.2) is 4.98 Å². The Morgan fingerprint density at radius 3 is 1.95 bits per heavy atom. The van der Waals surface area contributed by atoms with Crippen LogP contribution in [0.2, 0.25) is 0 Å². The number of imidazole rings is 1. The zero-order valence-electron chi connectivity index (χ0n) is 22.8. The molecule has 0 fully saturated rings. The van der Waals surface area contributed by atoms with E-state index in [0.717, 1.165) is 16.9 Å². The number of rotatable bonds is 1. The van der Waals surface area contributed by atoms with E-state index in [0.29, 0.717) is 0 Å². The van der Waals surface area contributed by atoms with Gasteiger partial charge in [0.15, 0.2) is 0 Å². The summed E-state index contributed by atoms with van der Waals surface area (Å²) in [7, 11) is 0. The van der Waals surface area contributed by atoms with Crippen LogP contribution < -0.4 is 0 Å². The lowest BCUT2D eigenvalue weighted by molar-refractivity contribution is 0.746. The molecule has 0 radical (unpaired) electrons. The highest BCUT2D eigenvalue weighted by molar-refractivity contribution is 6.08. The van der Waals surface area contributed by atoms with Gasteiger partial charge in [0, 0.05) is 5.56 Å². The van der Waals surface area contributed by atoms with Gasteiger partial charge in [0.2, 0.25) is 0 Å². The molecule has 1 aliphatic heterocycles. The van der Waals surface area contributed by atoms with Crippen LogP contribution in [0.3, 0.4) is 0 Å². The van der Waals surface area contributed by atoms with E-state index < -0.39 is 5.41 Å². The summed E-state index contributed by atoms with van der Waals surface area (Å²) in [4.78, 5) is 5.35. The summed E-state index contributed by atoms with van der Waals surface area (Å²) in [5, 5.41) is 5.04. The smallest absolute Gasteiger partial charge is 0.145 e. The van der Waals surface area contributed by atoms with E-state index in [1.807, 2.05) is 0 Å². The van der Waals surface area contributed by atoms with Crippen LogP contribution in [0.1, 0.15) is 22.3 Å². The molecule has 0 N–H and O–H groups in total. The van der Waals surface area contributed by atoms with Crippen molar-refractivity contribution in [2.24, 2.45) is 0 Å². The second kappa shape index (κ2) is 7.84. The van der Waals surface area contributed by atoms with E-state index >= 15 is 0 Å². The Labute approximate surface area is 243 Å². The molecule has 0 bridgehead atoms. The fourth-order valence-electron chi connectivity index (χ4n) is 7.96. The summed E-state index contributed by atoms with van der Waals surface area (Å²) in [6.07, 6.45) is 0. The van der Waals surface area contributed by atoms with Gasteiger partial charge >= 0.3 is 0 Å². The molecule has 1 spiro atoms. The molecule has 10 rings (SSSR count). The summed E-state index contributed by atoms with van der Waals surface area (Å²) >= 11 is 0. The molecule has 2 heteroatoms. The maximum atomic E-state index is 5.35. The summed E-state index contributed by atoms with van der Waals surface area (Å²) in [6, 6.07) is 53.4. The fraction of sp³-hybridized carbons (Fsp3) is 0.0250. The Balaban J connectivity index is 1.33. The Morgan fingerprint density at radius 2 is 1.12 bits per heavy atom.